The van der Waals surface area contributed by atoms with E-state index in [4.69, 9.17) is 0 Å². The van der Waals surface area contributed by atoms with Crippen molar-refractivity contribution < 1.29 is 0 Å². The van der Waals surface area contributed by atoms with Gasteiger partial charge in [-0.1, -0.05) is 19.4 Å². The van der Waals surface area contributed by atoms with Crippen LogP contribution in [-0.4, -0.2) is 22.6 Å². The molecule has 1 fully saturated rings. The Morgan fingerprint density at radius 2 is 2.38 bits per heavy atom. The topological polar surface area (TPSA) is 37.8 Å². The highest BCUT2D eigenvalue weighted by Crippen LogP contribution is 2.20. The minimum atomic E-state index is 0.557. The van der Waals surface area contributed by atoms with Gasteiger partial charge < -0.3 is 5.32 Å². The molecular formula is C13H19N3. The first-order chi connectivity index (χ1) is 7.75. The summed E-state index contributed by atoms with van der Waals surface area (Å²) in [7, 11) is 0. The van der Waals surface area contributed by atoms with Crippen LogP contribution in [0.4, 0.5) is 0 Å². The Morgan fingerprint density at radius 3 is 2.94 bits per heavy atom. The summed E-state index contributed by atoms with van der Waals surface area (Å²) >= 11 is 0. The molecule has 86 valence electrons. The molecule has 0 atom stereocenters. The lowest BCUT2D eigenvalue weighted by molar-refractivity contribution is 0.662. The van der Waals surface area contributed by atoms with E-state index in [2.05, 4.69) is 35.2 Å². The van der Waals surface area contributed by atoms with E-state index in [1.54, 1.807) is 12.5 Å². The molecule has 0 saturated heterocycles. The Bertz CT molecular complexity index is 353. The maximum absolute atomic E-state index is 4.23. The summed E-state index contributed by atoms with van der Waals surface area (Å²) in [6, 6.07) is 2.70. The van der Waals surface area contributed by atoms with Crippen LogP contribution in [0.1, 0.15) is 32.4 Å². The molecule has 1 aliphatic rings. The van der Waals surface area contributed by atoms with Crippen LogP contribution in [-0.2, 0) is 0 Å². The quantitative estimate of drug-likeness (QED) is 0.822. The predicted molar refractivity (Wildman–Crippen MR) is 65.9 cm³/mol. The molecule has 0 amide bonds. The number of aromatic nitrogens is 2. The number of hydrogen-bond acceptors (Lipinski definition) is 3. The molecule has 16 heavy (non-hydrogen) atoms. The number of nitrogens with one attached hydrogen (secondary N) is 1. The summed E-state index contributed by atoms with van der Waals surface area (Å²) in [4.78, 5) is 8.15. The van der Waals surface area contributed by atoms with Crippen LogP contribution >= 0.6 is 0 Å². The fourth-order valence-corrected chi connectivity index (χ4v) is 1.55. The van der Waals surface area contributed by atoms with Crippen molar-refractivity contribution in [3.63, 3.8) is 0 Å². The molecule has 0 radical (unpaired) electrons. The summed E-state index contributed by atoms with van der Waals surface area (Å²) in [5.41, 5.74) is 2.40. The molecule has 1 saturated carbocycles. The van der Waals surface area contributed by atoms with E-state index < -0.39 is 0 Å². The molecule has 1 N–H and O–H groups in total. The van der Waals surface area contributed by atoms with E-state index in [-0.39, 0.29) is 0 Å². The van der Waals surface area contributed by atoms with Gasteiger partial charge >= 0.3 is 0 Å². The summed E-state index contributed by atoms with van der Waals surface area (Å²) in [5, 5.41) is 3.55. The van der Waals surface area contributed by atoms with Gasteiger partial charge in [0.15, 0.2) is 0 Å². The maximum atomic E-state index is 4.23. The van der Waals surface area contributed by atoms with Gasteiger partial charge in [0.1, 0.15) is 6.33 Å². The first kappa shape index (κ1) is 11.3. The van der Waals surface area contributed by atoms with Gasteiger partial charge in [-0.05, 0) is 30.9 Å². The molecular weight excluding hydrogens is 198 g/mol. The Balaban J connectivity index is 2.02. The Labute approximate surface area is 97.0 Å². The van der Waals surface area contributed by atoms with Gasteiger partial charge in [-0.15, -0.1) is 0 Å². The smallest absolute Gasteiger partial charge is 0.115 e. The maximum Gasteiger partial charge on any atom is 0.115 e. The van der Waals surface area contributed by atoms with Crippen LogP contribution in [0.15, 0.2) is 24.2 Å². The van der Waals surface area contributed by atoms with Gasteiger partial charge in [0, 0.05) is 18.8 Å². The van der Waals surface area contributed by atoms with Crippen LogP contribution in [0.3, 0.4) is 0 Å². The highest BCUT2D eigenvalue weighted by Gasteiger charge is 2.20. The molecule has 1 aliphatic carbocycles. The molecule has 0 bridgehead atoms. The molecule has 3 heteroatoms. The van der Waals surface area contributed by atoms with Gasteiger partial charge in [-0.3, -0.25) is 0 Å². The minimum Gasteiger partial charge on any atom is -0.310 e. The van der Waals surface area contributed by atoms with Crippen molar-refractivity contribution in [2.75, 3.05) is 6.54 Å². The summed E-state index contributed by atoms with van der Waals surface area (Å²) in [5.74, 6) is 0.557. The average molecular weight is 217 g/mol. The Morgan fingerprint density at radius 1 is 1.56 bits per heavy atom. The van der Waals surface area contributed by atoms with Gasteiger partial charge in [0.25, 0.3) is 0 Å². The number of nitrogens with zero attached hydrogens (tertiary/aromatic N) is 2. The molecule has 2 rings (SSSR count). The normalized spacial score (nSPS) is 16.8. The lowest BCUT2D eigenvalue weighted by atomic mass is 10.0. The standard InChI is InChI=1S/C13H19N3/c1-10(2)11(8-15-12-3-4-12)7-13-5-6-14-9-16-13/h5-7,9-10,12,15H,3-4,8H2,1-2H3. The molecule has 0 spiro atoms. The van der Waals surface area contributed by atoms with Gasteiger partial charge in [0.05, 0.1) is 5.69 Å². The van der Waals surface area contributed by atoms with Crippen LogP contribution < -0.4 is 5.32 Å². The fraction of sp³-hybridized carbons (Fsp3) is 0.538. The third-order valence-corrected chi connectivity index (χ3v) is 2.85. The molecule has 0 aromatic carbocycles. The zero-order chi connectivity index (χ0) is 11.4. The van der Waals surface area contributed by atoms with E-state index in [1.807, 2.05) is 6.07 Å². The van der Waals surface area contributed by atoms with Crippen molar-refractivity contribution in [3.05, 3.63) is 29.9 Å². The molecule has 1 heterocycles. The molecule has 0 aliphatic heterocycles. The molecule has 3 nitrogen and oxygen atoms in total. The van der Waals surface area contributed by atoms with E-state index >= 15 is 0 Å². The average Bonchev–Trinajstić information content (AvgIpc) is 3.09. The van der Waals surface area contributed by atoms with E-state index in [9.17, 15) is 0 Å². The van der Waals surface area contributed by atoms with Gasteiger partial charge in [-0.2, -0.15) is 0 Å². The second-order valence-electron chi connectivity index (χ2n) is 4.66. The van der Waals surface area contributed by atoms with E-state index in [0.717, 1.165) is 18.3 Å². The highest BCUT2D eigenvalue weighted by atomic mass is 14.9. The van der Waals surface area contributed by atoms with Crippen molar-refractivity contribution >= 4 is 6.08 Å². The third kappa shape index (κ3) is 3.42. The van der Waals surface area contributed by atoms with Crippen LogP contribution in [0, 0.1) is 5.92 Å². The zero-order valence-corrected chi connectivity index (χ0v) is 9.98. The number of rotatable bonds is 5. The Hall–Kier alpha value is -1.22. The fourth-order valence-electron chi connectivity index (χ4n) is 1.55. The SMILES string of the molecule is CC(C)C(=Cc1ccncn1)CNC1CC1. The van der Waals surface area contributed by atoms with Gasteiger partial charge in [0.2, 0.25) is 0 Å². The van der Waals surface area contributed by atoms with Crippen molar-refractivity contribution in [1.29, 1.82) is 0 Å². The van der Waals surface area contributed by atoms with Crippen molar-refractivity contribution in [3.8, 4) is 0 Å². The van der Waals surface area contributed by atoms with E-state index in [0.29, 0.717) is 5.92 Å². The first-order valence-corrected chi connectivity index (χ1v) is 5.95. The largest absolute Gasteiger partial charge is 0.310 e. The minimum absolute atomic E-state index is 0.557. The zero-order valence-electron chi connectivity index (χ0n) is 9.98. The highest BCUT2D eigenvalue weighted by molar-refractivity contribution is 5.49. The summed E-state index contributed by atoms with van der Waals surface area (Å²) < 4.78 is 0. The molecule has 0 unspecified atom stereocenters. The van der Waals surface area contributed by atoms with Crippen LogP contribution in [0.5, 0.6) is 0 Å². The monoisotopic (exact) mass is 217 g/mol. The Kier molecular flexibility index (Phi) is 3.67. The van der Waals surface area contributed by atoms with Crippen LogP contribution in [0.25, 0.3) is 6.08 Å². The number of hydrogen-bond donors (Lipinski definition) is 1. The van der Waals surface area contributed by atoms with E-state index in [1.165, 1.54) is 18.4 Å². The van der Waals surface area contributed by atoms with Crippen molar-refractivity contribution in [2.24, 2.45) is 5.92 Å². The lowest BCUT2D eigenvalue weighted by Gasteiger charge is -2.12. The van der Waals surface area contributed by atoms with Gasteiger partial charge in [-0.25, -0.2) is 9.97 Å². The molecule has 1 aromatic heterocycles. The lowest BCUT2D eigenvalue weighted by Crippen LogP contribution is -2.21. The predicted octanol–water partition coefficient (Wildman–Crippen LogP) is 2.27. The summed E-state index contributed by atoms with van der Waals surface area (Å²) in [6.45, 7) is 5.43. The second kappa shape index (κ2) is 5.21. The first-order valence-electron chi connectivity index (χ1n) is 5.95. The van der Waals surface area contributed by atoms with Crippen LogP contribution in [0.2, 0.25) is 0 Å². The van der Waals surface area contributed by atoms with Crippen molar-refractivity contribution in [1.82, 2.24) is 15.3 Å². The third-order valence-electron chi connectivity index (χ3n) is 2.85. The second-order valence-corrected chi connectivity index (χ2v) is 4.66. The molecule has 1 aromatic rings. The van der Waals surface area contributed by atoms with Crippen molar-refractivity contribution in [2.45, 2.75) is 32.7 Å². The summed E-state index contributed by atoms with van der Waals surface area (Å²) in [6.07, 6.45) is 8.21.